The van der Waals surface area contributed by atoms with Crippen molar-refractivity contribution in [3.8, 4) is 0 Å². The summed E-state index contributed by atoms with van der Waals surface area (Å²) in [6, 6.07) is -0.716. The van der Waals surface area contributed by atoms with Crippen molar-refractivity contribution in [2.75, 3.05) is 13.7 Å². The van der Waals surface area contributed by atoms with Gasteiger partial charge in [0.05, 0.1) is 6.10 Å². The fraction of sp³-hybridized carbons (Fsp3) is 0.875. The fourth-order valence-electron chi connectivity index (χ4n) is 2.85. The predicted octanol–water partition coefficient (Wildman–Crippen LogP) is 2.83. The number of carboxylic acid groups (broad SMARTS) is 1. The van der Waals surface area contributed by atoms with Crippen LogP contribution in [-0.2, 0) is 14.3 Å². The lowest BCUT2D eigenvalue weighted by atomic mass is 10.1. The number of carboxylic acids is 1. The molecule has 5 nitrogen and oxygen atoms in total. The summed E-state index contributed by atoms with van der Waals surface area (Å²) in [5.74, 6) is -0.974. The number of hydrogen-bond donors (Lipinski definition) is 1. The molecule has 2 atom stereocenters. The maximum atomic E-state index is 12.2. The normalized spacial score (nSPS) is 21.7. The number of likely N-dealkylation sites (tertiary alicyclic amines) is 1. The van der Waals surface area contributed by atoms with E-state index in [1.165, 1.54) is 30.6 Å². The Bertz CT molecular complexity index is 332. The minimum absolute atomic E-state index is 0.0458. The third-order valence-corrected chi connectivity index (χ3v) is 4.20. The van der Waals surface area contributed by atoms with Gasteiger partial charge in [-0.2, -0.15) is 0 Å². The zero-order chi connectivity index (χ0) is 15.7. The van der Waals surface area contributed by atoms with Crippen LogP contribution in [0.25, 0.3) is 0 Å². The van der Waals surface area contributed by atoms with Crippen molar-refractivity contribution in [3.05, 3.63) is 0 Å². The predicted molar refractivity (Wildman–Crippen MR) is 81.2 cm³/mol. The summed E-state index contributed by atoms with van der Waals surface area (Å²) in [6.07, 6.45) is 8.79. The smallest absolute Gasteiger partial charge is 0.326 e. The molecule has 1 heterocycles. The molecule has 0 bridgehead atoms. The highest BCUT2D eigenvalue weighted by molar-refractivity contribution is 5.84. The maximum Gasteiger partial charge on any atom is 0.326 e. The Hall–Kier alpha value is -1.10. The molecule has 0 aromatic heterocycles. The Morgan fingerprint density at radius 2 is 1.76 bits per heavy atom. The van der Waals surface area contributed by atoms with Gasteiger partial charge in [0.25, 0.3) is 0 Å². The Kier molecular flexibility index (Phi) is 8.35. The summed E-state index contributed by atoms with van der Waals surface area (Å²) >= 11 is 0. The van der Waals surface area contributed by atoms with Gasteiger partial charge >= 0.3 is 5.97 Å². The zero-order valence-corrected chi connectivity index (χ0v) is 13.3. The minimum Gasteiger partial charge on any atom is -0.480 e. The van der Waals surface area contributed by atoms with E-state index >= 15 is 0 Å². The quantitative estimate of drug-likeness (QED) is 0.630. The second-order valence-corrected chi connectivity index (χ2v) is 5.86. The number of unbranched alkanes of at least 4 members (excludes halogenated alkanes) is 6. The van der Waals surface area contributed by atoms with E-state index in [-0.39, 0.29) is 12.0 Å². The summed E-state index contributed by atoms with van der Waals surface area (Å²) < 4.78 is 5.20. The zero-order valence-electron chi connectivity index (χ0n) is 13.3. The fourth-order valence-corrected chi connectivity index (χ4v) is 2.85. The van der Waals surface area contributed by atoms with Gasteiger partial charge in [0.2, 0.25) is 5.91 Å². The molecule has 122 valence electrons. The molecular weight excluding hydrogens is 270 g/mol. The van der Waals surface area contributed by atoms with Crippen LogP contribution in [0.3, 0.4) is 0 Å². The summed E-state index contributed by atoms with van der Waals surface area (Å²) in [6.45, 7) is 2.60. The summed E-state index contributed by atoms with van der Waals surface area (Å²) in [7, 11) is 1.56. The van der Waals surface area contributed by atoms with Gasteiger partial charge in [-0.1, -0.05) is 45.4 Å². The molecule has 21 heavy (non-hydrogen) atoms. The SMILES string of the molecule is CCCCCCCCCC(=O)N1CC(OC)CC1C(=O)O. The van der Waals surface area contributed by atoms with Crippen LogP contribution in [0.1, 0.15) is 64.7 Å². The van der Waals surface area contributed by atoms with E-state index in [0.717, 1.165) is 19.3 Å². The van der Waals surface area contributed by atoms with Gasteiger partial charge in [0, 0.05) is 26.5 Å². The van der Waals surface area contributed by atoms with Gasteiger partial charge in [0.1, 0.15) is 6.04 Å². The molecule has 0 aromatic rings. The average Bonchev–Trinajstić information content (AvgIpc) is 2.90. The van der Waals surface area contributed by atoms with Crippen molar-refractivity contribution in [1.29, 1.82) is 0 Å². The first-order valence-corrected chi connectivity index (χ1v) is 8.15. The Labute approximate surface area is 127 Å². The molecule has 1 saturated heterocycles. The van der Waals surface area contributed by atoms with Crippen LogP contribution >= 0.6 is 0 Å². The van der Waals surface area contributed by atoms with Crippen LogP contribution in [0, 0.1) is 0 Å². The molecule has 1 rings (SSSR count). The number of aliphatic carboxylic acids is 1. The van der Waals surface area contributed by atoms with Gasteiger partial charge in [-0.25, -0.2) is 4.79 Å². The molecule has 0 aliphatic carbocycles. The highest BCUT2D eigenvalue weighted by Crippen LogP contribution is 2.22. The lowest BCUT2D eigenvalue weighted by Crippen LogP contribution is -2.40. The van der Waals surface area contributed by atoms with E-state index < -0.39 is 12.0 Å². The second kappa shape index (κ2) is 9.77. The number of nitrogens with zero attached hydrogens (tertiary/aromatic N) is 1. The summed E-state index contributed by atoms with van der Waals surface area (Å²) in [5.41, 5.74) is 0. The molecule has 1 aliphatic rings. The summed E-state index contributed by atoms with van der Waals surface area (Å²) in [4.78, 5) is 24.8. The van der Waals surface area contributed by atoms with E-state index in [1.807, 2.05) is 0 Å². The van der Waals surface area contributed by atoms with Crippen molar-refractivity contribution < 1.29 is 19.4 Å². The number of ether oxygens (including phenoxy) is 1. The Balaban J connectivity index is 2.25. The third kappa shape index (κ3) is 6.04. The first kappa shape index (κ1) is 18.0. The Morgan fingerprint density at radius 1 is 1.14 bits per heavy atom. The van der Waals surface area contributed by atoms with Gasteiger partial charge in [-0.3, -0.25) is 4.79 Å². The van der Waals surface area contributed by atoms with Crippen LogP contribution in [-0.4, -0.2) is 47.7 Å². The minimum atomic E-state index is -0.928. The largest absolute Gasteiger partial charge is 0.480 e. The molecule has 1 N–H and O–H groups in total. The third-order valence-electron chi connectivity index (χ3n) is 4.20. The standard InChI is InChI=1S/C16H29NO4/c1-3-4-5-6-7-8-9-10-15(18)17-12-13(21-2)11-14(17)16(19)20/h13-14H,3-12H2,1-2H3,(H,19,20). The molecule has 1 amide bonds. The first-order valence-electron chi connectivity index (χ1n) is 8.15. The van der Waals surface area contributed by atoms with E-state index in [4.69, 9.17) is 4.74 Å². The molecular formula is C16H29NO4. The molecule has 5 heteroatoms. The van der Waals surface area contributed by atoms with Crippen LogP contribution in [0.4, 0.5) is 0 Å². The number of carbonyl (C=O) groups is 2. The van der Waals surface area contributed by atoms with Crippen molar-refractivity contribution in [2.45, 2.75) is 76.9 Å². The molecule has 0 spiro atoms. The molecule has 2 unspecified atom stereocenters. The van der Waals surface area contributed by atoms with Gasteiger partial charge < -0.3 is 14.7 Å². The lowest BCUT2D eigenvalue weighted by Gasteiger charge is -2.21. The number of rotatable bonds is 10. The van der Waals surface area contributed by atoms with E-state index in [1.54, 1.807) is 7.11 Å². The average molecular weight is 299 g/mol. The van der Waals surface area contributed by atoms with Crippen molar-refractivity contribution in [3.63, 3.8) is 0 Å². The summed E-state index contributed by atoms with van der Waals surface area (Å²) in [5, 5.41) is 9.19. The molecule has 0 aromatic carbocycles. The number of hydrogen-bond acceptors (Lipinski definition) is 3. The van der Waals surface area contributed by atoms with Crippen LogP contribution in [0.5, 0.6) is 0 Å². The van der Waals surface area contributed by atoms with Crippen molar-refractivity contribution >= 4 is 11.9 Å². The van der Waals surface area contributed by atoms with Crippen LogP contribution in [0.15, 0.2) is 0 Å². The molecule has 0 saturated carbocycles. The first-order chi connectivity index (χ1) is 10.1. The molecule has 1 aliphatic heterocycles. The van der Waals surface area contributed by atoms with E-state index in [9.17, 15) is 14.7 Å². The van der Waals surface area contributed by atoms with Crippen molar-refractivity contribution in [2.24, 2.45) is 0 Å². The van der Waals surface area contributed by atoms with E-state index in [0.29, 0.717) is 19.4 Å². The van der Waals surface area contributed by atoms with Gasteiger partial charge in [-0.15, -0.1) is 0 Å². The van der Waals surface area contributed by atoms with Crippen LogP contribution in [0.2, 0.25) is 0 Å². The Morgan fingerprint density at radius 3 is 2.33 bits per heavy atom. The number of methoxy groups -OCH3 is 1. The molecule has 1 fully saturated rings. The number of amides is 1. The van der Waals surface area contributed by atoms with E-state index in [2.05, 4.69) is 6.92 Å². The second-order valence-electron chi connectivity index (χ2n) is 5.86. The topological polar surface area (TPSA) is 66.8 Å². The van der Waals surface area contributed by atoms with Gasteiger partial charge in [-0.05, 0) is 6.42 Å². The van der Waals surface area contributed by atoms with Crippen LogP contribution < -0.4 is 0 Å². The molecule has 0 radical (unpaired) electrons. The highest BCUT2D eigenvalue weighted by Gasteiger charge is 2.39. The van der Waals surface area contributed by atoms with Gasteiger partial charge in [0.15, 0.2) is 0 Å². The number of carbonyl (C=O) groups excluding carboxylic acids is 1. The maximum absolute atomic E-state index is 12.2. The highest BCUT2D eigenvalue weighted by atomic mass is 16.5. The lowest BCUT2D eigenvalue weighted by molar-refractivity contribution is -0.148. The monoisotopic (exact) mass is 299 g/mol. The van der Waals surface area contributed by atoms with Crippen molar-refractivity contribution in [1.82, 2.24) is 4.90 Å².